The molecule has 60 valence electrons. The first-order chi connectivity index (χ1) is 5.37. The number of nitriles is 1. The molecule has 2 saturated heterocycles. The lowest BCUT2D eigenvalue weighted by Gasteiger charge is -2.29. The Balaban J connectivity index is 2.08. The van der Waals surface area contributed by atoms with Crippen molar-refractivity contribution in [2.45, 2.75) is 18.9 Å². The van der Waals surface area contributed by atoms with Crippen LogP contribution < -0.4 is 5.32 Å². The average Bonchev–Trinajstić information content (AvgIpc) is 2.88. The lowest BCUT2D eigenvalue weighted by Crippen LogP contribution is -2.42. The fourth-order valence-electron chi connectivity index (χ4n) is 1.74. The molecule has 0 aromatic heterocycles. The number of hydrogen-bond donors (Lipinski definition) is 1. The second kappa shape index (κ2) is 2.47. The van der Waals surface area contributed by atoms with Crippen LogP contribution in [0.2, 0.25) is 0 Å². The molecule has 0 aromatic carbocycles. The van der Waals surface area contributed by atoms with E-state index in [9.17, 15) is 0 Å². The molecule has 3 heteroatoms. The summed E-state index contributed by atoms with van der Waals surface area (Å²) in [6.07, 6.45) is 2.33. The summed E-state index contributed by atoms with van der Waals surface area (Å²) in [7, 11) is 0. The van der Waals surface area contributed by atoms with Gasteiger partial charge in [-0.15, -0.1) is 0 Å². The Morgan fingerprint density at radius 2 is 2.45 bits per heavy atom. The Kier molecular flexibility index (Phi) is 1.59. The summed E-state index contributed by atoms with van der Waals surface area (Å²) in [6.45, 7) is 2.65. The van der Waals surface area contributed by atoms with Crippen molar-refractivity contribution in [1.29, 1.82) is 5.26 Å². The molecule has 0 bridgehead atoms. The van der Waals surface area contributed by atoms with Gasteiger partial charge in [0.05, 0.1) is 18.1 Å². The van der Waals surface area contributed by atoms with Gasteiger partial charge in [-0.25, -0.2) is 0 Å². The second-order valence-corrected chi connectivity index (χ2v) is 3.37. The van der Waals surface area contributed by atoms with Crippen molar-refractivity contribution in [1.82, 2.24) is 5.32 Å². The summed E-state index contributed by atoms with van der Waals surface area (Å²) in [4.78, 5) is 0. The standard InChI is InChI=1S/C8H12N2O/c9-5-8(7-4-11-7)2-1-3-10-6-8/h7,10H,1-4,6H2. The minimum absolute atomic E-state index is 0.196. The van der Waals surface area contributed by atoms with Gasteiger partial charge in [-0.3, -0.25) is 0 Å². The van der Waals surface area contributed by atoms with Crippen molar-refractivity contribution < 1.29 is 4.74 Å². The fraction of sp³-hybridized carbons (Fsp3) is 0.875. The number of nitrogens with one attached hydrogen (secondary N) is 1. The Labute approximate surface area is 66.3 Å². The molecule has 1 N–H and O–H groups in total. The van der Waals surface area contributed by atoms with E-state index in [-0.39, 0.29) is 11.5 Å². The number of nitrogens with zero attached hydrogens (tertiary/aromatic N) is 1. The van der Waals surface area contributed by atoms with E-state index < -0.39 is 0 Å². The van der Waals surface area contributed by atoms with Gasteiger partial charge < -0.3 is 10.1 Å². The Hall–Kier alpha value is -0.590. The molecule has 2 aliphatic rings. The number of rotatable bonds is 1. The largest absolute Gasteiger partial charge is 0.371 e. The van der Waals surface area contributed by atoms with Gasteiger partial charge in [0, 0.05) is 6.54 Å². The molecule has 0 radical (unpaired) electrons. The van der Waals surface area contributed by atoms with E-state index >= 15 is 0 Å². The van der Waals surface area contributed by atoms with Gasteiger partial charge in [0.25, 0.3) is 0 Å². The summed E-state index contributed by atoms with van der Waals surface area (Å²) in [5, 5.41) is 12.2. The third kappa shape index (κ3) is 1.13. The highest BCUT2D eigenvalue weighted by atomic mass is 16.6. The van der Waals surface area contributed by atoms with Gasteiger partial charge in [0.2, 0.25) is 0 Å². The van der Waals surface area contributed by atoms with Crippen LogP contribution in [0.1, 0.15) is 12.8 Å². The molecular formula is C8H12N2O. The van der Waals surface area contributed by atoms with E-state index in [2.05, 4.69) is 11.4 Å². The van der Waals surface area contributed by atoms with E-state index in [1.54, 1.807) is 0 Å². The molecule has 2 rings (SSSR count). The number of piperidine rings is 1. The highest BCUT2D eigenvalue weighted by Crippen LogP contribution is 2.37. The van der Waals surface area contributed by atoms with Gasteiger partial charge in [-0.05, 0) is 19.4 Å². The van der Waals surface area contributed by atoms with Crippen molar-refractivity contribution in [3.63, 3.8) is 0 Å². The molecule has 0 spiro atoms. The molecule has 0 aliphatic carbocycles. The third-order valence-electron chi connectivity index (χ3n) is 2.59. The highest BCUT2D eigenvalue weighted by Gasteiger charge is 2.47. The number of hydrogen-bond acceptors (Lipinski definition) is 3. The first-order valence-corrected chi connectivity index (χ1v) is 4.11. The van der Waals surface area contributed by atoms with Gasteiger partial charge >= 0.3 is 0 Å². The van der Waals surface area contributed by atoms with Crippen molar-refractivity contribution >= 4 is 0 Å². The molecule has 0 amide bonds. The molecule has 2 atom stereocenters. The first-order valence-electron chi connectivity index (χ1n) is 4.11. The van der Waals surface area contributed by atoms with Crippen molar-refractivity contribution in [2.24, 2.45) is 5.41 Å². The van der Waals surface area contributed by atoms with Crippen LogP contribution in [0.4, 0.5) is 0 Å². The second-order valence-electron chi connectivity index (χ2n) is 3.37. The number of epoxide rings is 1. The summed E-state index contributed by atoms with van der Waals surface area (Å²) in [5.41, 5.74) is -0.196. The third-order valence-corrected chi connectivity index (χ3v) is 2.59. The van der Waals surface area contributed by atoms with Crippen LogP contribution in [0.15, 0.2) is 0 Å². The maximum absolute atomic E-state index is 8.98. The summed E-state index contributed by atoms with van der Waals surface area (Å²) in [5.74, 6) is 0. The Morgan fingerprint density at radius 1 is 1.64 bits per heavy atom. The Morgan fingerprint density at radius 3 is 2.91 bits per heavy atom. The molecule has 0 aromatic rings. The summed E-state index contributed by atoms with van der Waals surface area (Å²) < 4.78 is 5.18. The average molecular weight is 152 g/mol. The summed E-state index contributed by atoms with van der Waals surface area (Å²) in [6, 6.07) is 2.39. The molecule has 2 heterocycles. The molecule has 2 fully saturated rings. The van der Waals surface area contributed by atoms with Crippen LogP contribution in [-0.4, -0.2) is 25.8 Å². The molecule has 0 saturated carbocycles. The van der Waals surface area contributed by atoms with Gasteiger partial charge in [-0.2, -0.15) is 5.26 Å². The Bertz CT molecular complexity index is 187. The van der Waals surface area contributed by atoms with E-state index in [0.717, 1.165) is 32.5 Å². The van der Waals surface area contributed by atoms with E-state index in [1.807, 2.05) is 0 Å². The lowest BCUT2D eigenvalue weighted by atomic mass is 9.79. The smallest absolute Gasteiger partial charge is 0.101 e. The van der Waals surface area contributed by atoms with Crippen molar-refractivity contribution in [3.05, 3.63) is 0 Å². The molecule has 2 unspecified atom stereocenters. The normalized spacial score (nSPS) is 43.0. The topological polar surface area (TPSA) is 48.4 Å². The lowest BCUT2D eigenvalue weighted by molar-refractivity contribution is 0.210. The predicted octanol–water partition coefficient (Wildman–Crippen LogP) is 0.279. The van der Waals surface area contributed by atoms with Crippen LogP contribution in [0, 0.1) is 16.7 Å². The fourth-order valence-corrected chi connectivity index (χ4v) is 1.74. The monoisotopic (exact) mass is 152 g/mol. The van der Waals surface area contributed by atoms with Crippen molar-refractivity contribution in [3.8, 4) is 6.07 Å². The molecular weight excluding hydrogens is 140 g/mol. The zero-order valence-corrected chi connectivity index (χ0v) is 6.47. The van der Waals surface area contributed by atoms with E-state index in [1.165, 1.54) is 0 Å². The SMILES string of the molecule is N#CC1(C2CO2)CCCNC1. The molecule has 3 nitrogen and oxygen atoms in total. The van der Waals surface area contributed by atoms with E-state index in [4.69, 9.17) is 10.00 Å². The maximum Gasteiger partial charge on any atom is 0.101 e. The highest BCUT2D eigenvalue weighted by molar-refractivity contribution is 5.10. The van der Waals surface area contributed by atoms with Gasteiger partial charge in [0.1, 0.15) is 6.10 Å². The van der Waals surface area contributed by atoms with Gasteiger partial charge in [-0.1, -0.05) is 0 Å². The molecule has 2 aliphatic heterocycles. The number of ether oxygens (including phenoxy) is 1. The van der Waals surface area contributed by atoms with Gasteiger partial charge in [0.15, 0.2) is 0 Å². The van der Waals surface area contributed by atoms with Crippen LogP contribution in [-0.2, 0) is 4.74 Å². The van der Waals surface area contributed by atoms with Crippen LogP contribution in [0.3, 0.4) is 0 Å². The maximum atomic E-state index is 8.98. The van der Waals surface area contributed by atoms with Crippen LogP contribution in [0.5, 0.6) is 0 Å². The zero-order valence-electron chi connectivity index (χ0n) is 6.47. The minimum Gasteiger partial charge on any atom is -0.371 e. The predicted molar refractivity (Wildman–Crippen MR) is 39.9 cm³/mol. The van der Waals surface area contributed by atoms with E-state index in [0.29, 0.717) is 0 Å². The first kappa shape index (κ1) is 7.08. The minimum atomic E-state index is -0.196. The zero-order chi connectivity index (χ0) is 7.73. The van der Waals surface area contributed by atoms with Crippen LogP contribution in [0.25, 0.3) is 0 Å². The quantitative estimate of drug-likeness (QED) is 0.549. The summed E-state index contributed by atoms with van der Waals surface area (Å²) >= 11 is 0. The van der Waals surface area contributed by atoms with Crippen LogP contribution >= 0.6 is 0 Å². The van der Waals surface area contributed by atoms with Crippen molar-refractivity contribution in [2.75, 3.05) is 19.7 Å². The molecule has 11 heavy (non-hydrogen) atoms.